The van der Waals surface area contributed by atoms with Crippen LogP contribution in [0.15, 0.2) is 65.7 Å². The zero-order valence-electron chi connectivity index (χ0n) is 13.6. The minimum atomic E-state index is -0.514. The van der Waals surface area contributed by atoms with E-state index in [1.54, 1.807) is 36.7 Å². The number of amides is 1. The van der Waals surface area contributed by atoms with Crippen molar-refractivity contribution >= 4 is 11.7 Å². The van der Waals surface area contributed by atoms with Crippen molar-refractivity contribution in [3.63, 3.8) is 0 Å². The maximum absolute atomic E-state index is 13.0. The molecular formula is C19H16FN3O2. The van der Waals surface area contributed by atoms with E-state index in [1.807, 2.05) is 13.0 Å². The predicted octanol–water partition coefficient (Wildman–Crippen LogP) is 2.99. The highest BCUT2D eigenvalue weighted by Gasteiger charge is 2.14. The van der Waals surface area contributed by atoms with Gasteiger partial charge in [0, 0.05) is 12.4 Å². The molecule has 25 heavy (non-hydrogen) atoms. The van der Waals surface area contributed by atoms with Crippen molar-refractivity contribution in [2.24, 2.45) is 0 Å². The third-order valence-corrected chi connectivity index (χ3v) is 3.77. The minimum absolute atomic E-state index is 0.0228. The maximum Gasteiger partial charge on any atom is 0.263 e. The second-order valence-electron chi connectivity index (χ2n) is 5.60. The van der Waals surface area contributed by atoms with Gasteiger partial charge in [-0.15, -0.1) is 0 Å². The number of carbonyl (C=O) groups is 1. The largest absolute Gasteiger partial charge is 0.310 e. The van der Waals surface area contributed by atoms with Crippen LogP contribution in [0.25, 0.3) is 0 Å². The zero-order chi connectivity index (χ0) is 17.8. The number of halogens is 1. The smallest absolute Gasteiger partial charge is 0.263 e. The Morgan fingerprint density at radius 1 is 1.16 bits per heavy atom. The average molecular weight is 337 g/mol. The molecule has 1 N–H and O–H groups in total. The monoisotopic (exact) mass is 337 g/mol. The molecule has 6 heteroatoms. The first-order valence-corrected chi connectivity index (χ1v) is 7.71. The molecule has 3 aromatic rings. The number of pyridine rings is 2. The summed E-state index contributed by atoms with van der Waals surface area (Å²) in [6, 6.07) is 12.6. The van der Waals surface area contributed by atoms with E-state index >= 15 is 0 Å². The van der Waals surface area contributed by atoms with Gasteiger partial charge in [-0.3, -0.25) is 9.59 Å². The molecule has 2 aromatic heterocycles. The van der Waals surface area contributed by atoms with Crippen molar-refractivity contribution in [2.75, 3.05) is 5.32 Å². The fourth-order valence-corrected chi connectivity index (χ4v) is 2.41. The number of benzene rings is 1. The Bertz CT molecular complexity index is 965. The van der Waals surface area contributed by atoms with Gasteiger partial charge >= 0.3 is 0 Å². The molecule has 1 amide bonds. The van der Waals surface area contributed by atoms with Crippen LogP contribution in [0.2, 0.25) is 0 Å². The molecule has 5 nitrogen and oxygen atoms in total. The van der Waals surface area contributed by atoms with E-state index in [9.17, 15) is 14.0 Å². The molecule has 0 aliphatic rings. The molecule has 3 rings (SSSR count). The third kappa shape index (κ3) is 3.80. The Morgan fingerprint density at radius 3 is 2.64 bits per heavy atom. The number of hydrogen-bond acceptors (Lipinski definition) is 3. The Morgan fingerprint density at radius 2 is 1.92 bits per heavy atom. The minimum Gasteiger partial charge on any atom is -0.310 e. The second-order valence-corrected chi connectivity index (χ2v) is 5.60. The van der Waals surface area contributed by atoms with Crippen molar-refractivity contribution in [1.82, 2.24) is 9.55 Å². The van der Waals surface area contributed by atoms with Gasteiger partial charge < -0.3 is 9.88 Å². The van der Waals surface area contributed by atoms with Gasteiger partial charge in [0.05, 0.1) is 6.54 Å². The molecule has 0 spiro atoms. The van der Waals surface area contributed by atoms with Gasteiger partial charge in [0.25, 0.3) is 11.5 Å². The number of anilines is 1. The first kappa shape index (κ1) is 16.6. The van der Waals surface area contributed by atoms with Crippen LogP contribution in [0.1, 0.15) is 21.5 Å². The summed E-state index contributed by atoms with van der Waals surface area (Å²) < 4.78 is 14.4. The van der Waals surface area contributed by atoms with Crippen molar-refractivity contribution in [1.29, 1.82) is 0 Å². The molecule has 0 saturated carbocycles. The molecule has 1 aromatic carbocycles. The summed E-state index contributed by atoms with van der Waals surface area (Å²) in [6.07, 6.45) is 3.16. The molecule has 0 unspecified atom stereocenters. The third-order valence-electron chi connectivity index (χ3n) is 3.77. The van der Waals surface area contributed by atoms with Gasteiger partial charge in [-0.25, -0.2) is 9.37 Å². The normalized spacial score (nSPS) is 10.5. The fraction of sp³-hybridized carbons (Fsp3) is 0.105. The molecule has 0 atom stereocenters. The van der Waals surface area contributed by atoms with Crippen molar-refractivity contribution in [2.45, 2.75) is 13.5 Å². The van der Waals surface area contributed by atoms with Crippen LogP contribution in [0.4, 0.5) is 10.2 Å². The number of rotatable bonds is 4. The number of nitrogens with zero attached hydrogens (tertiary/aromatic N) is 2. The summed E-state index contributed by atoms with van der Waals surface area (Å²) in [4.78, 5) is 29.1. The van der Waals surface area contributed by atoms with E-state index in [0.29, 0.717) is 5.82 Å². The Labute approximate surface area is 143 Å². The first-order chi connectivity index (χ1) is 12.0. The number of carbonyl (C=O) groups excluding carboxylic acids is 1. The zero-order valence-corrected chi connectivity index (χ0v) is 13.6. The highest BCUT2D eigenvalue weighted by molar-refractivity contribution is 6.03. The topological polar surface area (TPSA) is 64.0 Å². The lowest BCUT2D eigenvalue weighted by atomic mass is 10.2. The van der Waals surface area contributed by atoms with Crippen molar-refractivity contribution in [3.8, 4) is 0 Å². The predicted molar refractivity (Wildman–Crippen MR) is 93.1 cm³/mol. The quantitative estimate of drug-likeness (QED) is 0.796. The van der Waals surface area contributed by atoms with Crippen molar-refractivity contribution in [3.05, 3.63) is 93.8 Å². The average Bonchev–Trinajstić information content (AvgIpc) is 2.60. The van der Waals surface area contributed by atoms with E-state index < -0.39 is 11.5 Å². The van der Waals surface area contributed by atoms with Gasteiger partial charge in [-0.1, -0.05) is 18.2 Å². The Balaban J connectivity index is 1.85. The Kier molecular flexibility index (Phi) is 4.70. The van der Waals surface area contributed by atoms with Gasteiger partial charge in [0.15, 0.2) is 0 Å². The lowest BCUT2D eigenvalue weighted by Crippen LogP contribution is -2.29. The molecule has 0 aliphatic carbocycles. The van der Waals surface area contributed by atoms with Crippen LogP contribution in [-0.2, 0) is 6.54 Å². The number of aryl methyl sites for hydroxylation is 1. The number of nitrogens with one attached hydrogen (secondary N) is 1. The van der Waals surface area contributed by atoms with Crippen molar-refractivity contribution < 1.29 is 9.18 Å². The van der Waals surface area contributed by atoms with Crippen LogP contribution < -0.4 is 10.9 Å². The molecular weight excluding hydrogens is 321 g/mol. The molecule has 0 saturated heterocycles. The molecule has 0 bridgehead atoms. The first-order valence-electron chi connectivity index (χ1n) is 7.71. The summed E-state index contributed by atoms with van der Waals surface area (Å²) in [5.41, 5.74) is 1.17. The Hall–Kier alpha value is -3.28. The van der Waals surface area contributed by atoms with Gasteiger partial charge in [0.2, 0.25) is 0 Å². The van der Waals surface area contributed by atoms with Crippen LogP contribution in [0, 0.1) is 12.7 Å². The summed E-state index contributed by atoms with van der Waals surface area (Å²) in [5, 5.41) is 2.65. The van der Waals surface area contributed by atoms with Gasteiger partial charge in [0.1, 0.15) is 17.2 Å². The summed E-state index contributed by atoms with van der Waals surface area (Å²) in [7, 11) is 0. The summed E-state index contributed by atoms with van der Waals surface area (Å²) >= 11 is 0. The molecule has 2 heterocycles. The van der Waals surface area contributed by atoms with E-state index in [4.69, 9.17) is 0 Å². The lowest BCUT2D eigenvalue weighted by molar-refractivity contribution is 0.102. The van der Waals surface area contributed by atoms with Gasteiger partial charge in [-0.2, -0.15) is 0 Å². The van der Waals surface area contributed by atoms with E-state index in [1.165, 1.54) is 22.8 Å². The number of aromatic nitrogens is 2. The SMILES string of the molecule is Cc1cccnc1NC(=O)c1cccn(Cc2ccc(F)cc2)c1=O. The van der Waals surface area contributed by atoms with Crippen LogP contribution >= 0.6 is 0 Å². The van der Waals surface area contributed by atoms with Gasteiger partial charge in [-0.05, 0) is 48.4 Å². The van der Waals surface area contributed by atoms with E-state index in [-0.39, 0.29) is 17.9 Å². The lowest BCUT2D eigenvalue weighted by Gasteiger charge is -2.09. The summed E-state index contributed by atoms with van der Waals surface area (Å²) in [6.45, 7) is 2.07. The van der Waals surface area contributed by atoms with Crippen LogP contribution in [-0.4, -0.2) is 15.5 Å². The molecule has 0 fully saturated rings. The summed E-state index contributed by atoms with van der Waals surface area (Å²) in [5.74, 6) is -0.434. The highest BCUT2D eigenvalue weighted by atomic mass is 19.1. The maximum atomic E-state index is 13.0. The van der Waals surface area contributed by atoms with Crippen LogP contribution in [0.3, 0.4) is 0 Å². The van der Waals surface area contributed by atoms with E-state index in [0.717, 1.165) is 11.1 Å². The fourth-order valence-electron chi connectivity index (χ4n) is 2.41. The molecule has 0 radical (unpaired) electrons. The number of hydrogen-bond donors (Lipinski definition) is 1. The van der Waals surface area contributed by atoms with Crippen LogP contribution in [0.5, 0.6) is 0 Å². The second kappa shape index (κ2) is 7.09. The molecule has 126 valence electrons. The van der Waals surface area contributed by atoms with E-state index in [2.05, 4.69) is 10.3 Å². The molecule has 0 aliphatic heterocycles. The highest BCUT2D eigenvalue weighted by Crippen LogP contribution is 2.10. The standard InChI is InChI=1S/C19H16FN3O2/c1-13-4-2-10-21-17(13)22-18(24)16-5-3-11-23(19(16)25)12-14-6-8-15(20)9-7-14/h2-11H,12H2,1H3,(H,21,22,24).